The number of hydrogen-bond acceptors (Lipinski definition) is 7. The van der Waals surface area contributed by atoms with E-state index in [4.69, 9.17) is 14.2 Å². The summed E-state index contributed by atoms with van der Waals surface area (Å²) in [5.74, 6) is 1.77. The second-order valence-corrected chi connectivity index (χ2v) is 8.84. The second kappa shape index (κ2) is 10.3. The molecule has 176 valence electrons. The summed E-state index contributed by atoms with van der Waals surface area (Å²) in [6.45, 7) is 5.15. The molecule has 7 nitrogen and oxygen atoms in total. The molecule has 0 spiro atoms. The lowest BCUT2D eigenvalue weighted by Crippen LogP contribution is -2.37. The first kappa shape index (κ1) is 22.5. The molecule has 0 bridgehead atoms. The molecule has 2 aromatic carbocycles. The minimum atomic E-state index is 0.294. The molecule has 0 amide bonds. The van der Waals surface area contributed by atoms with Gasteiger partial charge < -0.3 is 19.5 Å². The predicted molar refractivity (Wildman–Crippen MR) is 132 cm³/mol. The van der Waals surface area contributed by atoms with Gasteiger partial charge in [-0.2, -0.15) is 5.26 Å². The summed E-state index contributed by atoms with van der Waals surface area (Å²) in [5.41, 5.74) is 3.45. The molecule has 7 heteroatoms. The highest BCUT2D eigenvalue weighted by atomic mass is 16.5. The van der Waals surface area contributed by atoms with E-state index in [1.165, 1.54) is 5.56 Å². The number of aromatic nitrogens is 1. The Morgan fingerprint density at radius 3 is 2.76 bits per heavy atom. The quantitative estimate of drug-likeness (QED) is 0.482. The Hall–Kier alpha value is -3.34. The third kappa shape index (κ3) is 4.93. The number of hydrogen-bond donors (Lipinski definition) is 1. The van der Waals surface area contributed by atoms with Crippen molar-refractivity contribution in [1.82, 2.24) is 9.88 Å². The number of morpholine rings is 1. The molecular weight excluding hydrogens is 428 g/mol. The molecule has 2 fully saturated rings. The number of nitrogens with one attached hydrogen (secondary N) is 1. The molecule has 3 aromatic rings. The molecule has 0 unspecified atom stereocenters. The van der Waals surface area contributed by atoms with Crippen LogP contribution >= 0.6 is 0 Å². The fourth-order valence-corrected chi connectivity index (χ4v) is 4.62. The van der Waals surface area contributed by atoms with Gasteiger partial charge in [0.1, 0.15) is 6.07 Å². The van der Waals surface area contributed by atoms with Crippen LogP contribution in [0.3, 0.4) is 0 Å². The lowest BCUT2D eigenvalue weighted by molar-refractivity contribution is 0.0357. The smallest absolute Gasteiger partial charge is 0.163 e. The number of rotatable bonds is 9. The summed E-state index contributed by atoms with van der Waals surface area (Å²) in [5, 5.41) is 14.2. The van der Waals surface area contributed by atoms with Crippen molar-refractivity contribution >= 4 is 16.6 Å². The topological polar surface area (TPSA) is 79.6 Å². The third-order valence-electron chi connectivity index (χ3n) is 6.60. The van der Waals surface area contributed by atoms with Gasteiger partial charge in [0.25, 0.3) is 0 Å². The number of pyridine rings is 1. The number of methoxy groups -OCH3 is 1. The number of fused-ring (bicyclic) bond motifs is 1. The molecule has 34 heavy (non-hydrogen) atoms. The Balaban J connectivity index is 1.32. The zero-order valence-corrected chi connectivity index (χ0v) is 19.5. The van der Waals surface area contributed by atoms with Crippen molar-refractivity contribution in [3.05, 3.63) is 59.8 Å². The SMILES string of the molecule is COc1cc2c(N[C@@H]3C[C@H]3c3ccccc3)c(C#N)cnc2cc1OCCCN1CCOCC1. The van der Waals surface area contributed by atoms with E-state index in [9.17, 15) is 5.26 Å². The first-order valence-electron chi connectivity index (χ1n) is 11.9. The van der Waals surface area contributed by atoms with E-state index in [0.717, 1.165) is 62.3 Å². The molecular formula is C27H30N4O3. The monoisotopic (exact) mass is 458 g/mol. The van der Waals surface area contributed by atoms with Crippen LogP contribution in [0.15, 0.2) is 48.7 Å². The van der Waals surface area contributed by atoms with Crippen LogP contribution in [0.2, 0.25) is 0 Å². The van der Waals surface area contributed by atoms with Gasteiger partial charge in [-0.05, 0) is 24.5 Å². The molecule has 1 saturated heterocycles. The van der Waals surface area contributed by atoms with Crippen LogP contribution in [0.5, 0.6) is 11.5 Å². The van der Waals surface area contributed by atoms with E-state index in [-0.39, 0.29) is 0 Å². The summed E-state index contributed by atoms with van der Waals surface area (Å²) < 4.78 is 17.1. The highest BCUT2D eigenvalue weighted by Crippen LogP contribution is 2.45. The van der Waals surface area contributed by atoms with Crippen molar-refractivity contribution in [3.8, 4) is 17.6 Å². The fraction of sp³-hybridized carbons (Fsp3) is 0.407. The first-order valence-corrected chi connectivity index (χ1v) is 11.9. The standard InChI is InChI=1S/C27H30N4O3/c1-32-25-15-22-23(16-26(25)34-11-5-8-31-9-12-33-13-10-31)29-18-20(17-28)27(22)30-24-14-21(24)19-6-3-2-4-7-19/h2-4,6-7,15-16,18,21,24H,5,8-14H2,1H3,(H,29,30)/t21-,24+/m0/s1. The van der Waals surface area contributed by atoms with Crippen LogP contribution in [0.1, 0.15) is 29.9 Å². The predicted octanol–water partition coefficient (Wildman–Crippen LogP) is 4.18. The van der Waals surface area contributed by atoms with Crippen LogP contribution in [0.25, 0.3) is 10.9 Å². The average molecular weight is 459 g/mol. The van der Waals surface area contributed by atoms with E-state index < -0.39 is 0 Å². The van der Waals surface area contributed by atoms with Crippen molar-refractivity contribution in [2.45, 2.75) is 24.8 Å². The van der Waals surface area contributed by atoms with Crippen LogP contribution in [-0.2, 0) is 4.74 Å². The van der Waals surface area contributed by atoms with E-state index in [1.54, 1.807) is 13.3 Å². The summed E-state index contributed by atoms with van der Waals surface area (Å²) in [7, 11) is 1.64. The van der Waals surface area contributed by atoms with E-state index >= 15 is 0 Å². The van der Waals surface area contributed by atoms with Gasteiger partial charge in [0.05, 0.1) is 43.7 Å². The molecule has 1 aliphatic carbocycles. The van der Waals surface area contributed by atoms with Crippen molar-refractivity contribution in [3.63, 3.8) is 0 Å². The second-order valence-electron chi connectivity index (χ2n) is 8.84. The summed E-state index contributed by atoms with van der Waals surface area (Å²) in [4.78, 5) is 6.93. The van der Waals surface area contributed by atoms with Gasteiger partial charge in [0, 0.05) is 49.2 Å². The van der Waals surface area contributed by atoms with Gasteiger partial charge >= 0.3 is 0 Å². The maximum Gasteiger partial charge on any atom is 0.163 e. The number of benzene rings is 2. The van der Waals surface area contributed by atoms with E-state index in [0.29, 0.717) is 35.6 Å². The molecule has 1 aromatic heterocycles. The average Bonchev–Trinajstić information content (AvgIpc) is 3.67. The van der Waals surface area contributed by atoms with Crippen LogP contribution in [-0.4, -0.2) is 62.5 Å². The Kier molecular flexibility index (Phi) is 6.79. The highest BCUT2D eigenvalue weighted by Gasteiger charge is 2.39. The molecule has 2 atom stereocenters. The summed E-state index contributed by atoms with van der Waals surface area (Å²) in [6.07, 6.45) is 3.61. The molecule has 0 radical (unpaired) electrons. The van der Waals surface area contributed by atoms with Crippen LogP contribution in [0.4, 0.5) is 5.69 Å². The van der Waals surface area contributed by atoms with Crippen molar-refractivity contribution in [1.29, 1.82) is 5.26 Å². The zero-order valence-electron chi connectivity index (χ0n) is 19.5. The number of ether oxygens (including phenoxy) is 3. The van der Waals surface area contributed by atoms with Gasteiger partial charge in [0.2, 0.25) is 0 Å². The molecule has 2 heterocycles. The van der Waals surface area contributed by atoms with Gasteiger partial charge in [-0.3, -0.25) is 9.88 Å². The minimum absolute atomic E-state index is 0.294. The molecule has 1 N–H and O–H groups in total. The Bertz CT molecular complexity index is 1170. The Labute approximate surface area is 200 Å². The van der Waals surface area contributed by atoms with Gasteiger partial charge in [-0.25, -0.2) is 0 Å². The lowest BCUT2D eigenvalue weighted by Gasteiger charge is -2.26. The largest absolute Gasteiger partial charge is 0.493 e. The maximum absolute atomic E-state index is 9.73. The van der Waals surface area contributed by atoms with Crippen LogP contribution in [0, 0.1) is 11.3 Å². The van der Waals surface area contributed by atoms with Gasteiger partial charge in [-0.15, -0.1) is 0 Å². The number of anilines is 1. The van der Waals surface area contributed by atoms with Gasteiger partial charge in [-0.1, -0.05) is 30.3 Å². The minimum Gasteiger partial charge on any atom is -0.493 e. The summed E-state index contributed by atoms with van der Waals surface area (Å²) >= 11 is 0. The van der Waals surface area contributed by atoms with Crippen LogP contribution < -0.4 is 14.8 Å². The highest BCUT2D eigenvalue weighted by molar-refractivity contribution is 5.96. The van der Waals surface area contributed by atoms with Gasteiger partial charge in [0.15, 0.2) is 11.5 Å². The number of nitriles is 1. The molecule has 5 rings (SSSR count). The third-order valence-corrected chi connectivity index (χ3v) is 6.60. The Morgan fingerprint density at radius 1 is 1.18 bits per heavy atom. The molecule has 1 saturated carbocycles. The normalized spacial score (nSPS) is 20.0. The summed E-state index contributed by atoms with van der Waals surface area (Å²) in [6, 6.07) is 16.9. The zero-order chi connectivity index (χ0) is 23.3. The molecule has 1 aliphatic heterocycles. The first-order chi connectivity index (χ1) is 16.8. The van der Waals surface area contributed by atoms with Crippen molar-refractivity contribution in [2.75, 3.05) is 51.9 Å². The fourth-order valence-electron chi connectivity index (χ4n) is 4.62. The molecule has 2 aliphatic rings. The van der Waals surface area contributed by atoms with E-state index in [1.807, 2.05) is 18.2 Å². The lowest BCUT2D eigenvalue weighted by atomic mass is 10.1. The maximum atomic E-state index is 9.73. The number of nitrogens with zero attached hydrogens (tertiary/aromatic N) is 3. The van der Waals surface area contributed by atoms with Crippen molar-refractivity contribution < 1.29 is 14.2 Å². The Morgan fingerprint density at radius 2 is 2.00 bits per heavy atom. The van der Waals surface area contributed by atoms with Crippen molar-refractivity contribution in [2.24, 2.45) is 0 Å². The van der Waals surface area contributed by atoms with E-state index in [2.05, 4.69) is 45.5 Å².